The Morgan fingerprint density at radius 3 is 2.41 bits per heavy atom. The van der Waals surface area contributed by atoms with E-state index < -0.39 is 0 Å². The fraction of sp³-hybridized carbons (Fsp3) is 0.667. The minimum atomic E-state index is 0. The first-order chi connectivity index (χ1) is 12.8. The van der Waals surface area contributed by atoms with Crippen molar-refractivity contribution in [2.75, 3.05) is 53.5 Å². The number of unbranched alkanes of at least 4 members (excludes halogenated alkanes) is 2. The van der Waals surface area contributed by atoms with Crippen LogP contribution in [-0.4, -0.2) is 69.2 Å². The molecule has 1 aromatic carbocycles. The summed E-state index contributed by atoms with van der Waals surface area (Å²) in [6, 6.07) is 11.4. The van der Waals surface area contributed by atoms with Crippen LogP contribution in [0.2, 0.25) is 0 Å². The van der Waals surface area contributed by atoms with E-state index in [1.54, 1.807) is 7.11 Å². The molecule has 2 rings (SSSR count). The molecule has 0 aliphatic carbocycles. The van der Waals surface area contributed by atoms with Gasteiger partial charge in [0.05, 0.1) is 0 Å². The van der Waals surface area contributed by atoms with Crippen LogP contribution in [0.3, 0.4) is 0 Å². The topological polar surface area (TPSA) is 40.1 Å². The second-order valence-electron chi connectivity index (χ2n) is 6.89. The van der Waals surface area contributed by atoms with Gasteiger partial charge < -0.3 is 15.0 Å². The summed E-state index contributed by atoms with van der Waals surface area (Å²) in [5.41, 5.74) is 1.43. The molecule has 0 saturated carbocycles. The van der Waals surface area contributed by atoms with Gasteiger partial charge >= 0.3 is 0 Å². The third-order valence-corrected chi connectivity index (χ3v) is 5.15. The number of aliphatic imine (C=N–C) groups is 1. The van der Waals surface area contributed by atoms with Crippen molar-refractivity contribution in [3.05, 3.63) is 35.9 Å². The Kier molecular flexibility index (Phi) is 12.7. The second-order valence-corrected chi connectivity index (χ2v) is 6.89. The molecule has 0 amide bonds. The van der Waals surface area contributed by atoms with Crippen molar-refractivity contribution >= 4 is 29.9 Å². The molecule has 1 aliphatic heterocycles. The molecule has 1 atom stereocenters. The fourth-order valence-corrected chi connectivity index (χ4v) is 3.71. The minimum Gasteiger partial charge on any atom is -0.385 e. The molecule has 1 aliphatic rings. The molecule has 1 unspecified atom stereocenters. The van der Waals surface area contributed by atoms with Crippen molar-refractivity contribution in [3.63, 3.8) is 0 Å². The molecule has 1 aromatic rings. The highest BCUT2D eigenvalue weighted by Gasteiger charge is 2.25. The largest absolute Gasteiger partial charge is 0.385 e. The number of nitrogens with one attached hydrogen (secondary N) is 1. The van der Waals surface area contributed by atoms with E-state index in [-0.39, 0.29) is 24.0 Å². The van der Waals surface area contributed by atoms with Crippen LogP contribution in [0.25, 0.3) is 0 Å². The van der Waals surface area contributed by atoms with Crippen molar-refractivity contribution < 1.29 is 4.74 Å². The lowest BCUT2D eigenvalue weighted by Crippen LogP contribution is -2.53. The van der Waals surface area contributed by atoms with E-state index in [0.717, 1.165) is 64.6 Å². The fourth-order valence-electron chi connectivity index (χ4n) is 3.71. The smallest absolute Gasteiger partial charge is 0.193 e. The van der Waals surface area contributed by atoms with Gasteiger partial charge in [-0.25, -0.2) is 0 Å². The molecule has 0 spiro atoms. The summed E-state index contributed by atoms with van der Waals surface area (Å²) in [4.78, 5) is 9.49. The summed E-state index contributed by atoms with van der Waals surface area (Å²) < 4.78 is 5.10. The molecule has 6 heteroatoms. The molecular weight excluding hydrogens is 451 g/mol. The van der Waals surface area contributed by atoms with Crippen LogP contribution >= 0.6 is 24.0 Å². The predicted octanol–water partition coefficient (Wildman–Crippen LogP) is 3.77. The Labute approximate surface area is 182 Å². The highest BCUT2D eigenvalue weighted by molar-refractivity contribution is 14.0. The first kappa shape index (κ1) is 24.2. The summed E-state index contributed by atoms with van der Waals surface area (Å²) in [6.07, 6.45) is 4.64. The van der Waals surface area contributed by atoms with Gasteiger partial charge in [-0.05, 0) is 31.2 Å². The Balaban J connectivity index is 0.00000364. The number of nitrogens with zero attached hydrogens (tertiary/aromatic N) is 3. The van der Waals surface area contributed by atoms with E-state index in [4.69, 9.17) is 4.74 Å². The average molecular weight is 488 g/mol. The van der Waals surface area contributed by atoms with E-state index >= 15 is 0 Å². The van der Waals surface area contributed by atoms with Gasteiger partial charge in [-0.2, -0.15) is 0 Å². The maximum Gasteiger partial charge on any atom is 0.193 e. The van der Waals surface area contributed by atoms with E-state index in [9.17, 15) is 0 Å². The monoisotopic (exact) mass is 488 g/mol. The zero-order valence-electron chi connectivity index (χ0n) is 17.2. The van der Waals surface area contributed by atoms with Gasteiger partial charge in [0, 0.05) is 59.5 Å². The van der Waals surface area contributed by atoms with E-state index in [1.165, 1.54) is 12.0 Å². The second kappa shape index (κ2) is 14.2. The van der Waals surface area contributed by atoms with Crippen LogP contribution in [0.15, 0.2) is 35.3 Å². The molecule has 5 nitrogen and oxygen atoms in total. The molecule has 0 aromatic heterocycles. The van der Waals surface area contributed by atoms with E-state index in [1.807, 2.05) is 7.05 Å². The minimum absolute atomic E-state index is 0. The standard InChI is InChI=1S/C21H36N4O.HI/c1-4-20(19-11-7-5-8-12-19)24-14-16-25(17-15-24)21(22-2)23-13-9-6-10-18-26-3;/h5,7-8,11-12,20H,4,6,9-10,13-18H2,1-3H3,(H,22,23);1H. The molecule has 0 bridgehead atoms. The zero-order chi connectivity index (χ0) is 18.6. The number of guanidine groups is 1. The highest BCUT2D eigenvalue weighted by atomic mass is 127. The molecule has 1 fully saturated rings. The third-order valence-electron chi connectivity index (χ3n) is 5.15. The summed E-state index contributed by atoms with van der Waals surface area (Å²) in [5.74, 6) is 1.05. The Hall–Kier alpha value is -0.860. The van der Waals surface area contributed by atoms with Gasteiger partial charge in [-0.3, -0.25) is 9.89 Å². The Morgan fingerprint density at radius 1 is 1.11 bits per heavy atom. The van der Waals surface area contributed by atoms with E-state index in [0.29, 0.717) is 6.04 Å². The lowest BCUT2D eigenvalue weighted by molar-refractivity contribution is 0.127. The number of methoxy groups -OCH3 is 1. The summed E-state index contributed by atoms with van der Waals surface area (Å²) >= 11 is 0. The molecule has 1 heterocycles. The summed E-state index contributed by atoms with van der Waals surface area (Å²) in [5, 5.41) is 3.52. The van der Waals surface area contributed by atoms with Gasteiger partial charge in [-0.1, -0.05) is 37.3 Å². The normalized spacial score (nSPS) is 16.7. The summed E-state index contributed by atoms with van der Waals surface area (Å²) in [6.45, 7) is 8.37. The van der Waals surface area contributed by atoms with Crippen LogP contribution in [0.1, 0.15) is 44.2 Å². The quantitative estimate of drug-likeness (QED) is 0.249. The number of halogens is 1. The van der Waals surface area contributed by atoms with Crippen molar-refractivity contribution in [2.45, 2.75) is 38.6 Å². The number of rotatable bonds is 9. The Morgan fingerprint density at radius 2 is 1.81 bits per heavy atom. The first-order valence-corrected chi connectivity index (χ1v) is 10.0. The molecule has 1 N–H and O–H groups in total. The first-order valence-electron chi connectivity index (χ1n) is 10.0. The number of hydrogen-bond donors (Lipinski definition) is 1. The lowest BCUT2D eigenvalue weighted by Gasteiger charge is -2.40. The van der Waals surface area contributed by atoms with Crippen molar-refractivity contribution in [3.8, 4) is 0 Å². The van der Waals surface area contributed by atoms with Crippen LogP contribution < -0.4 is 5.32 Å². The van der Waals surface area contributed by atoms with Gasteiger partial charge in [0.25, 0.3) is 0 Å². The number of ether oxygens (including phenoxy) is 1. The maximum absolute atomic E-state index is 5.10. The lowest BCUT2D eigenvalue weighted by atomic mass is 10.0. The number of benzene rings is 1. The number of piperazine rings is 1. The Bertz CT molecular complexity index is 518. The van der Waals surface area contributed by atoms with Crippen molar-refractivity contribution in [2.24, 2.45) is 4.99 Å². The average Bonchev–Trinajstić information content (AvgIpc) is 2.70. The van der Waals surface area contributed by atoms with Gasteiger partial charge in [0.2, 0.25) is 0 Å². The maximum atomic E-state index is 5.10. The molecule has 0 radical (unpaired) electrons. The van der Waals surface area contributed by atoms with Crippen molar-refractivity contribution in [1.82, 2.24) is 15.1 Å². The highest BCUT2D eigenvalue weighted by Crippen LogP contribution is 2.25. The van der Waals surface area contributed by atoms with Crippen molar-refractivity contribution in [1.29, 1.82) is 0 Å². The summed E-state index contributed by atoms with van der Waals surface area (Å²) in [7, 11) is 3.65. The predicted molar refractivity (Wildman–Crippen MR) is 125 cm³/mol. The molecular formula is C21H37IN4O. The van der Waals surface area contributed by atoms with Crippen LogP contribution in [0.4, 0.5) is 0 Å². The SMILES string of the molecule is CCC(c1ccccc1)N1CCN(C(=NC)NCCCCCOC)CC1.I. The molecule has 154 valence electrons. The van der Waals surface area contributed by atoms with Gasteiger partial charge in [-0.15, -0.1) is 24.0 Å². The van der Waals surface area contributed by atoms with Gasteiger partial charge in [0.15, 0.2) is 5.96 Å². The third kappa shape index (κ3) is 7.95. The molecule has 27 heavy (non-hydrogen) atoms. The van der Waals surface area contributed by atoms with Crippen LogP contribution in [-0.2, 0) is 4.74 Å². The molecule has 1 saturated heterocycles. The van der Waals surface area contributed by atoms with Crippen LogP contribution in [0.5, 0.6) is 0 Å². The van der Waals surface area contributed by atoms with Gasteiger partial charge in [0.1, 0.15) is 0 Å². The van der Waals surface area contributed by atoms with E-state index in [2.05, 4.69) is 57.4 Å². The number of hydrogen-bond acceptors (Lipinski definition) is 3. The van der Waals surface area contributed by atoms with Crippen LogP contribution in [0, 0.1) is 0 Å². The zero-order valence-corrected chi connectivity index (χ0v) is 19.5.